The van der Waals surface area contributed by atoms with Gasteiger partial charge >= 0.3 is 0 Å². The molecule has 3 atom stereocenters. The number of para-hydroxylation sites is 1. The van der Waals surface area contributed by atoms with Crippen molar-refractivity contribution in [2.24, 2.45) is 5.92 Å². The van der Waals surface area contributed by atoms with Gasteiger partial charge in [-0.2, -0.15) is 0 Å². The Balaban J connectivity index is 1.42. The predicted molar refractivity (Wildman–Crippen MR) is 108 cm³/mol. The summed E-state index contributed by atoms with van der Waals surface area (Å²) in [5.41, 5.74) is 2.85. The van der Waals surface area contributed by atoms with Gasteiger partial charge in [0.2, 0.25) is 0 Å². The summed E-state index contributed by atoms with van der Waals surface area (Å²) in [6.45, 7) is 3.14. The van der Waals surface area contributed by atoms with Gasteiger partial charge in [0.1, 0.15) is 11.8 Å². The van der Waals surface area contributed by atoms with Gasteiger partial charge in [0.05, 0.1) is 11.6 Å². The molecule has 142 valence electrons. The maximum absolute atomic E-state index is 13.7. The standard InChI is InChI=1S/C24H24N2O2/c27-24(20-15-28-21-9-5-4-8-18(20)21)26-14-19(16-6-2-1-3-7-16)23-22(26)17-10-12-25(23)13-11-17/h1-9,15,17,19,22-23H,10-14H2/t19-,22+,23+/m0/s1. The van der Waals surface area contributed by atoms with E-state index in [1.165, 1.54) is 31.5 Å². The Kier molecular flexibility index (Phi) is 3.63. The van der Waals surface area contributed by atoms with Crippen molar-refractivity contribution in [2.45, 2.75) is 30.8 Å². The summed E-state index contributed by atoms with van der Waals surface area (Å²) in [5, 5.41) is 0.925. The van der Waals surface area contributed by atoms with E-state index in [0.717, 1.165) is 17.5 Å². The van der Waals surface area contributed by atoms with Crippen LogP contribution >= 0.6 is 0 Å². The van der Waals surface area contributed by atoms with Crippen molar-refractivity contribution < 1.29 is 9.21 Å². The largest absolute Gasteiger partial charge is 0.463 e. The lowest BCUT2D eigenvalue weighted by Crippen LogP contribution is -2.60. The Hall–Kier alpha value is -2.59. The van der Waals surface area contributed by atoms with Crippen LogP contribution in [0, 0.1) is 5.92 Å². The van der Waals surface area contributed by atoms with Crippen molar-refractivity contribution in [1.82, 2.24) is 9.80 Å². The van der Waals surface area contributed by atoms with E-state index in [1.807, 2.05) is 24.3 Å². The Morgan fingerprint density at radius 2 is 1.68 bits per heavy atom. The van der Waals surface area contributed by atoms with Gasteiger partial charge in [-0.05, 0) is 43.5 Å². The van der Waals surface area contributed by atoms with Crippen molar-refractivity contribution in [3.8, 4) is 0 Å². The molecule has 0 spiro atoms. The molecule has 4 aliphatic rings. The van der Waals surface area contributed by atoms with Gasteiger partial charge < -0.3 is 9.32 Å². The molecule has 2 bridgehead atoms. The minimum absolute atomic E-state index is 0.132. The third-order valence-electron chi connectivity index (χ3n) is 7.19. The van der Waals surface area contributed by atoms with E-state index in [1.54, 1.807) is 6.26 Å². The molecule has 5 heterocycles. The highest BCUT2D eigenvalue weighted by atomic mass is 16.3. The number of furan rings is 1. The monoisotopic (exact) mass is 372 g/mol. The zero-order valence-electron chi connectivity index (χ0n) is 15.8. The van der Waals surface area contributed by atoms with Gasteiger partial charge in [-0.15, -0.1) is 0 Å². The molecule has 4 saturated heterocycles. The molecular formula is C24H24N2O2. The highest BCUT2D eigenvalue weighted by molar-refractivity contribution is 6.06. The summed E-state index contributed by atoms with van der Waals surface area (Å²) >= 11 is 0. The summed E-state index contributed by atoms with van der Waals surface area (Å²) in [5.74, 6) is 1.13. The van der Waals surface area contributed by atoms with Crippen LogP contribution in [0.4, 0.5) is 0 Å². The van der Waals surface area contributed by atoms with Gasteiger partial charge in [-0.25, -0.2) is 0 Å². The number of carbonyl (C=O) groups is 1. The van der Waals surface area contributed by atoms with Crippen LogP contribution in [0.15, 0.2) is 65.3 Å². The van der Waals surface area contributed by atoms with Crippen LogP contribution in [-0.4, -0.2) is 47.4 Å². The first-order valence-corrected chi connectivity index (χ1v) is 10.4. The molecule has 4 nitrogen and oxygen atoms in total. The molecule has 4 fully saturated rings. The van der Waals surface area contributed by atoms with Crippen molar-refractivity contribution >= 4 is 16.9 Å². The molecule has 0 saturated carbocycles. The minimum Gasteiger partial charge on any atom is -0.463 e. The zero-order chi connectivity index (χ0) is 18.7. The zero-order valence-corrected chi connectivity index (χ0v) is 15.8. The number of carbonyl (C=O) groups excluding carboxylic acids is 1. The SMILES string of the molecule is O=C(c1coc2ccccc12)N1C[C@@H](c2ccccc2)[C@@H]2[C@H]1C1CCN2CC1. The first-order valence-electron chi connectivity index (χ1n) is 10.4. The first kappa shape index (κ1) is 16.4. The average molecular weight is 372 g/mol. The number of fused-ring (bicyclic) bond motifs is 3. The number of rotatable bonds is 2. The number of amides is 1. The second-order valence-electron chi connectivity index (χ2n) is 8.47. The van der Waals surface area contributed by atoms with E-state index in [4.69, 9.17) is 4.42 Å². The fourth-order valence-corrected chi connectivity index (χ4v) is 5.95. The van der Waals surface area contributed by atoms with E-state index in [-0.39, 0.29) is 5.91 Å². The molecule has 0 aliphatic carbocycles. The summed E-state index contributed by atoms with van der Waals surface area (Å²) in [4.78, 5) is 18.5. The summed E-state index contributed by atoms with van der Waals surface area (Å²) < 4.78 is 5.68. The van der Waals surface area contributed by atoms with Gasteiger partial charge in [0.25, 0.3) is 5.91 Å². The normalized spacial score (nSPS) is 31.3. The van der Waals surface area contributed by atoms with Crippen LogP contribution in [0.2, 0.25) is 0 Å². The lowest BCUT2D eigenvalue weighted by atomic mass is 9.75. The molecule has 4 heteroatoms. The third-order valence-corrected chi connectivity index (χ3v) is 7.19. The van der Waals surface area contributed by atoms with Gasteiger partial charge in [0, 0.05) is 23.9 Å². The van der Waals surface area contributed by atoms with Gasteiger partial charge in [-0.3, -0.25) is 9.69 Å². The number of nitrogens with zero attached hydrogens (tertiary/aromatic N) is 2. The smallest absolute Gasteiger partial charge is 0.258 e. The molecule has 0 radical (unpaired) electrons. The molecule has 0 N–H and O–H groups in total. The fraction of sp³-hybridized carbons (Fsp3) is 0.375. The number of likely N-dealkylation sites (tertiary alicyclic amines) is 1. The topological polar surface area (TPSA) is 36.7 Å². The first-order chi connectivity index (χ1) is 13.8. The molecular weight excluding hydrogens is 348 g/mol. The Labute approximate surface area is 164 Å². The van der Waals surface area contributed by atoms with Crippen LogP contribution in [0.5, 0.6) is 0 Å². The van der Waals surface area contributed by atoms with Crippen molar-refractivity contribution in [3.05, 3.63) is 72.0 Å². The lowest BCUT2D eigenvalue weighted by molar-refractivity contribution is -0.00337. The predicted octanol–water partition coefficient (Wildman–Crippen LogP) is 4.14. The van der Waals surface area contributed by atoms with Crippen LogP contribution in [0.1, 0.15) is 34.7 Å². The van der Waals surface area contributed by atoms with Crippen molar-refractivity contribution in [1.29, 1.82) is 0 Å². The number of hydrogen-bond donors (Lipinski definition) is 0. The fourth-order valence-electron chi connectivity index (χ4n) is 5.95. The highest BCUT2D eigenvalue weighted by Gasteiger charge is 2.54. The van der Waals surface area contributed by atoms with Crippen molar-refractivity contribution in [2.75, 3.05) is 19.6 Å². The number of benzene rings is 2. The van der Waals surface area contributed by atoms with Crippen LogP contribution < -0.4 is 0 Å². The molecule has 1 aromatic heterocycles. The van der Waals surface area contributed by atoms with E-state index < -0.39 is 0 Å². The van der Waals surface area contributed by atoms with E-state index in [2.05, 4.69) is 40.1 Å². The quantitative estimate of drug-likeness (QED) is 0.679. The molecule has 1 amide bonds. The molecule has 7 rings (SSSR count). The average Bonchev–Trinajstić information content (AvgIpc) is 3.38. The summed E-state index contributed by atoms with van der Waals surface area (Å²) in [6, 6.07) is 19.4. The molecule has 0 unspecified atom stereocenters. The molecule has 3 aromatic rings. The van der Waals surface area contributed by atoms with E-state index >= 15 is 0 Å². The second kappa shape index (κ2) is 6.21. The summed E-state index contributed by atoms with van der Waals surface area (Å²) in [6.07, 6.45) is 4.07. The van der Waals surface area contributed by atoms with Gasteiger partial charge in [0.15, 0.2) is 0 Å². The Bertz CT molecular complexity index is 1020. The Morgan fingerprint density at radius 1 is 0.929 bits per heavy atom. The van der Waals surface area contributed by atoms with Crippen LogP contribution in [0.3, 0.4) is 0 Å². The van der Waals surface area contributed by atoms with E-state index in [0.29, 0.717) is 29.5 Å². The number of hydrogen-bond acceptors (Lipinski definition) is 3. The maximum atomic E-state index is 13.7. The Morgan fingerprint density at radius 3 is 2.50 bits per heavy atom. The molecule has 2 aromatic carbocycles. The molecule has 28 heavy (non-hydrogen) atoms. The maximum Gasteiger partial charge on any atom is 0.258 e. The van der Waals surface area contributed by atoms with Crippen LogP contribution in [-0.2, 0) is 0 Å². The van der Waals surface area contributed by atoms with E-state index in [9.17, 15) is 4.79 Å². The van der Waals surface area contributed by atoms with Crippen molar-refractivity contribution in [3.63, 3.8) is 0 Å². The van der Waals surface area contributed by atoms with Gasteiger partial charge in [-0.1, -0.05) is 48.5 Å². The van der Waals surface area contributed by atoms with Crippen LogP contribution in [0.25, 0.3) is 11.0 Å². The third kappa shape index (κ3) is 2.31. The summed E-state index contributed by atoms with van der Waals surface area (Å²) in [7, 11) is 0. The number of piperidine rings is 3. The second-order valence-corrected chi connectivity index (χ2v) is 8.47. The molecule has 4 aliphatic heterocycles. The highest BCUT2D eigenvalue weighted by Crippen LogP contribution is 2.47. The lowest BCUT2D eigenvalue weighted by Gasteiger charge is -2.51. The minimum atomic E-state index is 0.132.